The lowest BCUT2D eigenvalue weighted by atomic mass is 10.0. The van der Waals surface area contributed by atoms with Gasteiger partial charge in [0.25, 0.3) is 0 Å². The number of nitrogens with one attached hydrogen (secondary N) is 1. The van der Waals surface area contributed by atoms with E-state index in [1.165, 1.54) is 44.9 Å². The predicted molar refractivity (Wildman–Crippen MR) is 75.6 cm³/mol. The van der Waals surface area contributed by atoms with E-state index in [4.69, 9.17) is 12.2 Å². The molecule has 1 saturated heterocycles. The van der Waals surface area contributed by atoms with Crippen LogP contribution in [0.5, 0.6) is 0 Å². The van der Waals surface area contributed by atoms with Crippen LogP contribution in [0, 0.1) is 4.77 Å². The summed E-state index contributed by atoms with van der Waals surface area (Å²) in [6.45, 7) is 3.42. The Hall–Kier alpha value is -0.840. The average molecular weight is 266 g/mol. The minimum absolute atomic E-state index is 0.570. The standard InChI is InChI=1S/C13H22N4S/c1-10-6-4-5-9-16(10)12-14-15-13(18)17(12)11-7-2-3-8-11/h10-11H,2-9H2,1H3,(H,15,18). The third-order valence-corrected chi connectivity index (χ3v) is 4.72. The van der Waals surface area contributed by atoms with Crippen LogP contribution in [0.1, 0.15) is 57.9 Å². The maximum absolute atomic E-state index is 5.44. The molecule has 0 bridgehead atoms. The Morgan fingerprint density at radius 1 is 1.17 bits per heavy atom. The first kappa shape index (κ1) is 12.2. The van der Waals surface area contributed by atoms with E-state index in [1.807, 2.05) is 0 Å². The first-order valence-electron chi connectivity index (χ1n) is 7.21. The quantitative estimate of drug-likeness (QED) is 0.833. The second kappa shape index (κ2) is 5.03. The zero-order chi connectivity index (χ0) is 12.5. The molecule has 2 heterocycles. The van der Waals surface area contributed by atoms with Gasteiger partial charge in [-0.3, -0.25) is 4.57 Å². The highest BCUT2D eigenvalue weighted by atomic mass is 32.1. The molecular weight excluding hydrogens is 244 g/mol. The molecule has 0 aromatic carbocycles. The van der Waals surface area contributed by atoms with Gasteiger partial charge in [-0.2, -0.15) is 0 Å². The third kappa shape index (κ3) is 2.09. The largest absolute Gasteiger partial charge is 0.338 e. The van der Waals surface area contributed by atoms with Crippen molar-refractivity contribution in [2.24, 2.45) is 0 Å². The van der Waals surface area contributed by atoms with Gasteiger partial charge in [-0.15, -0.1) is 5.10 Å². The Morgan fingerprint density at radius 3 is 2.61 bits per heavy atom. The minimum Gasteiger partial charge on any atom is -0.338 e. The SMILES string of the molecule is CC1CCCCN1c1n[nH]c(=S)n1C1CCCC1. The van der Waals surface area contributed by atoms with Gasteiger partial charge in [0.1, 0.15) is 0 Å². The van der Waals surface area contributed by atoms with E-state index in [2.05, 4.69) is 26.6 Å². The summed E-state index contributed by atoms with van der Waals surface area (Å²) >= 11 is 5.44. The molecule has 1 saturated carbocycles. The Morgan fingerprint density at radius 2 is 1.89 bits per heavy atom. The molecule has 1 unspecified atom stereocenters. The highest BCUT2D eigenvalue weighted by Gasteiger charge is 2.27. The lowest BCUT2D eigenvalue weighted by Gasteiger charge is -2.34. The van der Waals surface area contributed by atoms with Crippen molar-refractivity contribution in [3.63, 3.8) is 0 Å². The zero-order valence-electron chi connectivity index (χ0n) is 11.1. The molecule has 1 aromatic heterocycles. The van der Waals surface area contributed by atoms with Crippen LogP contribution in [-0.4, -0.2) is 27.4 Å². The smallest absolute Gasteiger partial charge is 0.226 e. The summed E-state index contributed by atoms with van der Waals surface area (Å²) in [5.41, 5.74) is 0. The van der Waals surface area contributed by atoms with Crippen LogP contribution in [0.4, 0.5) is 5.95 Å². The van der Waals surface area contributed by atoms with E-state index in [1.54, 1.807) is 0 Å². The van der Waals surface area contributed by atoms with Crippen molar-refractivity contribution in [2.45, 2.75) is 64.0 Å². The monoisotopic (exact) mass is 266 g/mol. The number of nitrogens with zero attached hydrogens (tertiary/aromatic N) is 3. The maximum Gasteiger partial charge on any atom is 0.226 e. The summed E-state index contributed by atoms with van der Waals surface area (Å²) in [5, 5.41) is 7.51. The molecule has 0 spiro atoms. The van der Waals surface area contributed by atoms with Crippen LogP contribution in [0.2, 0.25) is 0 Å². The Bertz CT molecular complexity index is 458. The van der Waals surface area contributed by atoms with Gasteiger partial charge in [0.05, 0.1) is 0 Å². The molecule has 18 heavy (non-hydrogen) atoms. The van der Waals surface area contributed by atoms with Gasteiger partial charge in [-0.05, 0) is 51.2 Å². The Balaban J connectivity index is 1.93. The van der Waals surface area contributed by atoms with Crippen LogP contribution >= 0.6 is 12.2 Å². The number of anilines is 1. The number of aromatic nitrogens is 3. The molecule has 3 rings (SSSR count). The maximum atomic E-state index is 5.44. The second-order valence-electron chi connectivity index (χ2n) is 5.68. The molecular formula is C13H22N4S. The molecule has 1 aliphatic carbocycles. The van der Waals surface area contributed by atoms with E-state index in [-0.39, 0.29) is 0 Å². The summed E-state index contributed by atoms with van der Waals surface area (Å²) in [4.78, 5) is 2.44. The van der Waals surface area contributed by atoms with Crippen molar-refractivity contribution in [2.75, 3.05) is 11.4 Å². The van der Waals surface area contributed by atoms with E-state index in [0.29, 0.717) is 12.1 Å². The topological polar surface area (TPSA) is 36.9 Å². The van der Waals surface area contributed by atoms with Crippen LogP contribution in [-0.2, 0) is 0 Å². The van der Waals surface area contributed by atoms with Crippen molar-refractivity contribution in [3.8, 4) is 0 Å². The van der Waals surface area contributed by atoms with Crippen molar-refractivity contribution in [1.82, 2.24) is 14.8 Å². The zero-order valence-corrected chi connectivity index (χ0v) is 11.9. The molecule has 1 aromatic rings. The summed E-state index contributed by atoms with van der Waals surface area (Å²) in [7, 11) is 0. The third-order valence-electron chi connectivity index (χ3n) is 4.44. The van der Waals surface area contributed by atoms with E-state index >= 15 is 0 Å². The lowest BCUT2D eigenvalue weighted by molar-refractivity contribution is 0.448. The Labute approximate surface area is 113 Å². The van der Waals surface area contributed by atoms with Crippen molar-refractivity contribution in [3.05, 3.63) is 4.77 Å². The van der Waals surface area contributed by atoms with Gasteiger partial charge in [0, 0.05) is 18.6 Å². The van der Waals surface area contributed by atoms with Crippen molar-refractivity contribution in [1.29, 1.82) is 0 Å². The molecule has 4 nitrogen and oxygen atoms in total. The van der Waals surface area contributed by atoms with Crippen molar-refractivity contribution < 1.29 is 0 Å². The number of H-pyrrole nitrogens is 1. The number of piperidine rings is 1. The number of rotatable bonds is 2. The normalized spacial score (nSPS) is 25.8. The van der Waals surface area contributed by atoms with E-state index < -0.39 is 0 Å². The fourth-order valence-corrected chi connectivity index (χ4v) is 3.66. The molecule has 2 aliphatic rings. The van der Waals surface area contributed by atoms with Crippen LogP contribution in [0.3, 0.4) is 0 Å². The highest BCUT2D eigenvalue weighted by molar-refractivity contribution is 7.71. The van der Waals surface area contributed by atoms with Crippen LogP contribution < -0.4 is 4.90 Å². The molecule has 5 heteroatoms. The molecule has 1 atom stereocenters. The summed E-state index contributed by atoms with van der Waals surface area (Å²) in [6, 6.07) is 1.16. The van der Waals surface area contributed by atoms with E-state index in [0.717, 1.165) is 17.3 Å². The van der Waals surface area contributed by atoms with Crippen LogP contribution in [0.25, 0.3) is 0 Å². The lowest BCUT2D eigenvalue weighted by Crippen LogP contribution is -2.39. The molecule has 0 amide bonds. The summed E-state index contributed by atoms with van der Waals surface area (Å²) in [5.74, 6) is 1.08. The molecule has 100 valence electrons. The Kier molecular flexibility index (Phi) is 3.41. The molecule has 1 N–H and O–H groups in total. The van der Waals surface area contributed by atoms with Gasteiger partial charge in [-0.1, -0.05) is 12.8 Å². The second-order valence-corrected chi connectivity index (χ2v) is 6.06. The van der Waals surface area contributed by atoms with Gasteiger partial charge in [-0.25, -0.2) is 5.10 Å². The summed E-state index contributed by atoms with van der Waals surface area (Å²) in [6.07, 6.45) is 9.04. The predicted octanol–water partition coefficient (Wildman–Crippen LogP) is 3.43. The van der Waals surface area contributed by atoms with E-state index in [9.17, 15) is 0 Å². The molecule has 0 radical (unpaired) electrons. The molecule has 1 aliphatic heterocycles. The fourth-order valence-electron chi connectivity index (χ4n) is 3.39. The first-order chi connectivity index (χ1) is 8.77. The van der Waals surface area contributed by atoms with Gasteiger partial charge >= 0.3 is 0 Å². The number of hydrogen-bond donors (Lipinski definition) is 1. The van der Waals surface area contributed by atoms with Gasteiger partial charge < -0.3 is 4.90 Å². The first-order valence-corrected chi connectivity index (χ1v) is 7.62. The van der Waals surface area contributed by atoms with Crippen LogP contribution in [0.15, 0.2) is 0 Å². The number of aromatic amines is 1. The number of hydrogen-bond acceptors (Lipinski definition) is 3. The van der Waals surface area contributed by atoms with Gasteiger partial charge in [0.15, 0.2) is 4.77 Å². The van der Waals surface area contributed by atoms with Gasteiger partial charge in [0.2, 0.25) is 5.95 Å². The average Bonchev–Trinajstić information content (AvgIpc) is 2.98. The highest BCUT2D eigenvalue weighted by Crippen LogP contribution is 2.34. The minimum atomic E-state index is 0.570. The fraction of sp³-hybridized carbons (Fsp3) is 0.846. The summed E-state index contributed by atoms with van der Waals surface area (Å²) < 4.78 is 3.08. The molecule has 2 fully saturated rings. The van der Waals surface area contributed by atoms with Crippen molar-refractivity contribution >= 4 is 18.2 Å².